The summed E-state index contributed by atoms with van der Waals surface area (Å²) in [4.78, 5) is 4.29. The third kappa shape index (κ3) is 3.60. The van der Waals surface area contributed by atoms with E-state index in [4.69, 9.17) is 11.6 Å². The molecule has 2 nitrogen and oxygen atoms in total. The summed E-state index contributed by atoms with van der Waals surface area (Å²) < 4.78 is 0. The highest BCUT2D eigenvalue weighted by atomic mass is 35.5. The normalized spacial score (nSPS) is 11.4. The maximum atomic E-state index is 6.07. The molecule has 1 N–H and O–H groups in total. The number of nitrogens with one attached hydrogen (secondary N) is 1. The number of aryl methyl sites for hydroxylation is 2. The second-order valence-electron chi connectivity index (χ2n) is 4.23. The van der Waals surface area contributed by atoms with Gasteiger partial charge in [0.05, 0.1) is 5.69 Å². The topological polar surface area (TPSA) is 24.4 Å². The quantitative estimate of drug-likeness (QED) is 0.474. The van der Waals surface area contributed by atoms with Crippen molar-refractivity contribution in [3.05, 3.63) is 59.7 Å². The Labute approximate surface area is 112 Å². The zero-order valence-corrected chi connectivity index (χ0v) is 11.2. The molecule has 2 aromatic carbocycles. The van der Waals surface area contributed by atoms with Gasteiger partial charge < -0.3 is 5.32 Å². The maximum absolute atomic E-state index is 6.07. The van der Waals surface area contributed by atoms with Gasteiger partial charge in [0.15, 0.2) is 0 Å². The summed E-state index contributed by atoms with van der Waals surface area (Å²) in [6, 6.07) is 15.9. The lowest BCUT2D eigenvalue weighted by Crippen LogP contribution is -2.03. The Kier molecular flexibility index (Phi) is 4.00. The first-order chi connectivity index (χ1) is 8.63. The molecule has 0 aliphatic heterocycles. The number of anilines is 1. The number of hydrogen-bond acceptors (Lipinski definition) is 1. The van der Waals surface area contributed by atoms with Crippen LogP contribution in [-0.2, 0) is 0 Å². The van der Waals surface area contributed by atoms with Crippen molar-refractivity contribution in [2.45, 2.75) is 13.8 Å². The standard InChI is InChI=1S/C15H15ClN2/c1-11-3-7-13(8-4-11)17-15(16)18-14-9-5-12(2)6-10-14/h3-10H,1-2H3,(H,17,18). The predicted octanol–water partition coefficient (Wildman–Crippen LogP) is 4.64. The summed E-state index contributed by atoms with van der Waals surface area (Å²) in [5.74, 6) is 0. The molecule has 0 saturated heterocycles. The Bertz CT molecular complexity index is 542. The number of halogens is 1. The Hall–Kier alpha value is -1.80. The average Bonchev–Trinajstić information content (AvgIpc) is 2.35. The van der Waals surface area contributed by atoms with Gasteiger partial charge >= 0.3 is 0 Å². The Morgan fingerprint density at radius 3 is 1.94 bits per heavy atom. The molecule has 0 fully saturated rings. The second kappa shape index (κ2) is 5.69. The van der Waals surface area contributed by atoms with Crippen LogP contribution in [0, 0.1) is 13.8 Å². The van der Waals surface area contributed by atoms with Crippen LogP contribution in [0.25, 0.3) is 0 Å². The zero-order valence-electron chi connectivity index (χ0n) is 10.4. The predicted molar refractivity (Wildman–Crippen MR) is 78.9 cm³/mol. The van der Waals surface area contributed by atoms with Gasteiger partial charge in [-0.1, -0.05) is 35.4 Å². The molecule has 0 radical (unpaired) electrons. The molecule has 3 heteroatoms. The van der Waals surface area contributed by atoms with Gasteiger partial charge in [-0.3, -0.25) is 0 Å². The highest BCUT2D eigenvalue weighted by Gasteiger charge is 1.97. The number of nitrogens with zero attached hydrogens (tertiary/aromatic N) is 1. The van der Waals surface area contributed by atoms with Crippen molar-refractivity contribution < 1.29 is 0 Å². The van der Waals surface area contributed by atoms with Gasteiger partial charge in [-0.25, -0.2) is 4.99 Å². The maximum Gasteiger partial charge on any atom is 0.200 e. The summed E-state index contributed by atoms with van der Waals surface area (Å²) >= 11 is 6.07. The lowest BCUT2D eigenvalue weighted by atomic mass is 10.2. The van der Waals surface area contributed by atoms with E-state index in [1.165, 1.54) is 11.1 Å². The second-order valence-corrected chi connectivity index (χ2v) is 4.59. The minimum atomic E-state index is 0.364. The van der Waals surface area contributed by atoms with Crippen LogP contribution in [-0.4, -0.2) is 5.29 Å². The number of benzene rings is 2. The van der Waals surface area contributed by atoms with Crippen LogP contribution in [0.5, 0.6) is 0 Å². The largest absolute Gasteiger partial charge is 0.330 e. The Morgan fingerprint density at radius 2 is 1.39 bits per heavy atom. The fourth-order valence-corrected chi connectivity index (χ4v) is 1.72. The van der Waals surface area contributed by atoms with Crippen LogP contribution in [0.15, 0.2) is 53.5 Å². The number of hydrogen-bond donors (Lipinski definition) is 1. The van der Waals surface area contributed by atoms with Crippen molar-refractivity contribution in [3.63, 3.8) is 0 Å². The molecular weight excluding hydrogens is 244 g/mol. The first-order valence-electron chi connectivity index (χ1n) is 5.78. The van der Waals surface area contributed by atoms with E-state index in [2.05, 4.69) is 10.3 Å². The van der Waals surface area contributed by atoms with E-state index < -0.39 is 0 Å². The van der Waals surface area contributed by atoms with E-state index in [0.717, 1.165) is 11.4 Å². The van der Waals surface area contributed by atoms with Crippen LogP contribution in [0.4, 0.5) is 11.4 Å². The minimum Gasteiger partial charge on any atom is -0.330 e. The van der Waals surface area contributed by atoms with Gasteiger partial charge in [0, 0.05) is 5.69 Å². The van der Waals surface area contributed by atoms with Crippen LogP contribution >= 0.6 is 11.6 Å². The molecule has 0 aliphatic carbocycles. The molecule has 18 heavy (non-hydrogen) atoms. The molecular formula is C15H15ClN2. The average molecular weight is 259 g/mol. The lowest BCUT2D eigenvalue weighted by molar-refractivity contribution is 1.43. The van der Waals surface area contributed by atoms with E-state index >= 15 is 0 Å². The summed E-state index contributed by atoms with van der Waals surface area (Å²) in [5, 5.41) is 3.41. The van der Waals surface area contributed by atoms with E-state index in [-0.39, 0.29) is 0 Å². The number of rotatable bonds is 2. The number of amidine groups is 1. The zero-order chi connectivity index (χ0) is 13.0. The molecule has 0 aliphatic rings. The van der Waals surface area contributed by atoms with Crippen LogP contribution in [0.2, 0.25) is 0 Å². The Balaban J connectivity index is 2.09. The van der Waals surface area contributed by atoms with Crippen LogP contribution in [0.3, 0.4) is 0 Å². The molecule has 0 amide bonds. The molecule has 92 valence electrons. The van der Waals surface area contributed by atoms with Crippen LogP contribution < -0.4 is 5.32 Å². The van der Waals surface area contributed by atoms with Gasteiger partial charge in [0.2, 0.25) is 5.29 Å². The van der Waals surface area contributed by atoms with Gasteiger partial charge in [-0.15, -0.1) is 0 Å². The van der Waals surface area contributed by atoms with Crippen molar-refractivity contribution in [1.82, 2.24) is 0 Å². The Morgan fingerprint density at radius 1 is 0.889 bits per heavy atom. The van der Waals surface area contributed by atoms with Crippen molar-refractivity contribution in [3.8, 4) is 0 Å². The number of aliphatic imine (C=N–C) groups is 1. The first-order valence-corrected chi connectivity index (χ1v) is 6.16. The lowest BCUT2D eigenvalue weighted by Gasteiger charge is -2.04. The summed E-state index contributed by atoms with van der Waals surface area (Å²) in [6.07, 6.45) is 0. The summed E-state index contributed by atoms with van der Waals surface area (Å²) in [5.41, 5.74) is 4.19. The summed E-state index contributed by atoms with van der Waals surface area (Å²) in [7, 11) is 0. The molecule has 0 unspecified atom stereocenters. The van der Waals surface area contributed by atoms with E-state index in [1.54, 1.807) is 0 Å². The SMILES string of the molecule is Cc1ccc(N=C(Cl)Nc2ccc(C)cc2)cc1. The first kappa shape index (κ1) is 12.7. The van der Waals surface area contributed by atoms with Crippen molar-refractivity contribution in [2.24, 2.45) is 4.99 Å². The van der Waals surface area contributed by atoms with Gasteiger partial charge in [-0.05, 0) is 49.7 Å². The molecule has 0 aromatic heterocycles. The van der Waals surface area contributed by atoms with E-state index in [1.807, 2.05) is 62.4 Å². The minimum absolute atomic E-state index is 0.364. The summed E-state index contributed by atoms with van der Waals surface area (Å²) in [6.45, 7) is 4.09. The van der Waals surface area contributed by atoms with Crippen molar-refractivity contribution >= 4 is 28.3 Å². The van der Waals surface area contributed by atoms with E-state index in [9.17, 15) is 0 Å². The highest BCUT2D eigenvalue weighted by molar-refractivity contribution is 6.67. The highest BCUT2D eigenvalue weighted by Crippen LogP contribution is 2.15. The molecule has 2 aromatic rings. The fraction of sp³-hybridized carbons (Fsp3) is 0.133. The molecule has 0 saturated carbocycles. The third-order valence-electron chi connectivity index (χ3n) is 2.56. The van der Waals surface area contributed by atoms with Gasteiger partial charge in [0.25, 0.3) is 0 Å². The third-order valence-corrected chi connectivity index (χ3v) is 2.74. The van der Waals surface area contributed by atoms with E-state index in [0.29, 0.717) is 5.29 Å². The van der Waals surface area contributed by atoms with Crippen molar-refractivity contribution in [1.29, 1.82) is 0 Å². The fourth-order valence-electron chi connectivity index (χ4n) is 1.52. The van der Waals surface area contributed by atoms with Gasteiger partial charge in [0.1, 0.15) is 0 Å². The molecule has 0 bridgehead atoms. The molecule has 2 rings (SSSR count). The van der Waals surface area contributed by atoms with Crippen molar-refractivity contribution in [2.75, 3.05) is 5.32 Å². The molecule has 0 heterocycles. The monoisotopic (exact) mass is 258 g/mol. The smallest absolute Gasteiger partial charge is 0.200 e. The van der Waals surface area contributed by atoms with Crippen LogP contribution in [0.1, 0.15) is 11.1 Å². The molecule has 0 atom stereocenters. The molecule has 0 spiro atoms. The van der Waals surface area contributed by atoms with Gasteiger partial charge in [-0.2, -0.15) is 0 Å².